The third-order valence-corrected chi connectivity index (χ3v) is 1.58. The molecule has 4 N–H and O–H groups in total. The average molecular weight is 168 g/mol. The molecule has 0 saturated heterocycles. The smallest absolute Gasteiger partial charge is 0.144 e. The summed E-state index contributed by atoms with van der Waals surface area (Å²) < 4.78 is 0.521. The van der Waals surface area contributed by atoms with Crippen LogP contribution < -0.4 is 5.73 Å². The summed E-state index contributed by atoms with van der Waals surface area (Å²) >= 11 is 4.88. The van der Waals surface area contributed by atoms with Gasteiger partial charge in [-0.2, -0.15) is 5.10 Å². The Hall–Kier alpha value is -1.12. The van der Waals surface area contributed by atoms with E-state index < -0.39 is 0 Å². The fraction of sp³-hybridized carbons (Fsp3) is 0.333. The molecule has 1 heterocycles. The van der Waals surface area contributed by atoms with Gasteiger partial charge in [0, 0.05) is 6.42 Å². The van der Waals surface area contributed by atoms with Crippen LogP contribution in [0.1, 0.15) is 18.2 Å². The minimum atomic E-state index is -0.269. The van der Waals surface area contributed by atoms with E-state index in [1.807, 2.05) is 0 Å². The van der Waals surface area contributed by atoms with Gasteiger partial charge in [0.15, 0.2) is 0 Å². The molecule has 58 valence electrons. The lowest BCUT2D eigenvalue weighted by Crippen LogP contribution is -2.10. The maximum atomic E-state index is 5.64. The number of hydrogen-bond acceptors (Lipinski definition) is 3. The Morgan fingerprint density at radius 1 is 1.82 bits per heavy atom. The highest BCUT2D eigenvalue weighted by Gasteiger charge is 2.08. The van der Waals surface area contributed by atoms with Crippen molar-refractivity contribution in [2.45, 2.75) is 12.5 Å². The molecule has 4 nitrogen and oxygen atoms in total. The fourth-order valence-corrected chi connectivity index (χ4v) is 0.971. The highest BCUT2D eigenvalue weighted by Crippen LogP contribution is 2.09. The molecule has 0 aliphatic carbocycles. The van der Waals surface area contributed by atoms with Gasteiger partial charge in [0.25, 0.3) is 0 Å². The van der Waals surface area contributed by atoms with E-state index in [1.165, 1.54) is 0 Å². The Labute approximate surface area is 69.2 Å². The lowest BCUT2D eigenvalue weighted by atomic mass is 10.2. The molecular formula is C6H8N4S. The number of hydrogen-bond donors (Lipinski definition) is 3. The summed E-state index contributed by atoms with van der Waals surface area (Å²) in [5, 5.41) is 8.98. The summed E-state index contributed by atoms with van der Waals surface area (Å²) in [5.74, 6) is 2.44. The van der Waals surface area contributed by atoms with Crippen LogP contribution in [0.3, 0.4) is 0 Å². The summed E-state index contributed by atoms with van der Waals surface area (Å²) in [7, 11) is 0. The van der Waals surface area contributed by atoms with E-state index in [1.54, 1.807) is 0 Å². The quantitative estimate of drug-likeness (QED) is 0.444. The minimum Gasteiger partial charge on any atom is -0.322 e. The first-order chi connectivity index (χ1) is 5.25. The summed E-state index contributed by atoms with van der Waals surface area (Å²) in [4.78, 5) is 0. The Morgan fingerprint density at radius 2 is 2.55 bits per heavy atom. The normalized spacial score (nSPS) is 12.4. The summed E-state index contributed by atoms with van der Waals surface area (Å²) in [6, 6.07) is -0.269. The number of rotatable bonds is 2. The van der Waals surface area contributed by atoms with E-state index in [2.05, 4.69) is 21.3 Å². The zero-order chi connectivity index (χ0) is 8.27. The van der Waals surface area contributed by atoms with Gasteiger partial charge in [-0.25, -0.2) is 5.21 Å². The number of aromatic nitrogens is 3. The zero-order valence-electron chi connectivity index (χ0n) is 5.79. The number of terminal acetylenes is 1. The topological polar surface area (TPSA) is 70.5 Å². The highest BCUT2D eigenvalue weighted by atomic mass is 32.1. The number of nitrogens with one attached hydrogen (secondary N) is 2. The first-order valence-electron chi connectivity index (χ1n) is 3.07. The molecule has 0 aliphatic rings. The van der Waals surface area contributed by atoms with Crippen molar-refractivity contribution in [3.05, 3.63) is 10.3 Å². The molecule has 0 spiro atoms. The van der Waals surface area contributed by atoms with E-state index in [0.29, 0.717) is 16.8 Å². The van der Waals surface area contributed by atoms with Crippen molar-refractivity contribution in [1.82, 2.24) is 15.4 Å². The maximum absolute atomic E-state index is 5.64. The van der Waals surface area contributed by atoms with Crippen LogP contribution in [0.4, 0.5) is 0 Å². The lowest BCUT2D eigenvalue weighted by molar-refractivity contribution is 0.717. The third-order valence-electron chi connectivity index (χ3n) is 1.27. The Balaban J connectivity index is 2.86. The standard InChI is InChI=1S/C6H8N4S/c1-2-3-4(7)5-6(11)9-10-8-5/h1,4H,3,7H2,(H2,8,9,10,11). The maximum Gasteiger partial charge on any atom is 0.144 e. The second-order valence-corrected chi connectivity index (χ2v) is 2.49. The summed E-state index contributed by atoms with van der Waals surface area (Å²) in [5.41, 5.74) is 6.26. The lowest BCUT2D eigenvalue weighted by Gasteiger charge is -2.00. The molecule has 1 atom stereocenters. The molecule has 11 heavy (non-hydrogen) atoms. The molecule has 0 aliphatic heterocycles. The van der Waals surface area contributed by atoms with Crippen LogP contribution in [-0.2, 0) is 0 Å². The molecule has 1 rings (SSSR count). The Morgan fingerprint density at radius 3 is 3.00 bits per heavy atom. The predicted molar refractivity (Wildman–Crippen MR) is 44.2 cm³/mol. The Kier molecular flexibility index (Phi) is 2.41. The molecule has 1 aromatic heterocycles. The van der Waals surface area contributed by atoms with Crippen LogP contribution in [0.15, 0.2) is 0 Å². The van der Waals surface area contributed by atoms with Crippen LogP contribution in [-0.4, -0.2) is 15.4 Å². The number of H-pyrrole nitrogens is 2. The van der Waals surface area contributed by atoms with Gasteiger partial charge in [0.2, 0.25) is 0 Å². The van der Waals surface area contributed by atoms with Crippen molar-refractivity contribution in [3.63, 3.8) is 0 Å². The molecule has 0 radical (unpaired) electrons. The van der Waals surface area contributed by atoms with Crippen LogP contribution in [0, 0.1) is 17.0 Å². The highest BCUT2D eigenvalue weighted by molar-refractivity contribution is 7.71. The van der Waals surface area contributed by atoms with Crippen molar-refractivity contribution in [1.29, 1.82) is 0 Å². The molecule has 0 aromatic carbocycles. The SMILES string of the molecule is C#CCC(N)c1n[nH][nH]c1=S. The molecule has 0 bridgehead atoms. The van der Waals surface area contributed by atoms with E-state index in [-0.39, 0.29) is 6.04 Å². The van der Waals surface area contributed by atoms with E-state index in [9.17, 15) is 0 Å². The van der Waals surface area contributed by atoms with E-state index in [0.717, 1.165) is 0 Å². The van der Waals surface area contributed by atoms with Crippen LogP contribution in [0.25, 0.3) is 0 Å². The van der Waals surface area contributed by atoms with Crippen LogP contribution >= 0.6 is 12.2 Å². The predicted octanol–water partition coefficient (Wildman–Crippen LogP) is 0.490. The molecular weight excluding hydrogens is 160 g/mol. The average Bonchev–Trinajstić information content (AvgIpc) is 2.36. The number of nitrogens with two attached hydrogens (primary N) is 1. The van der Waals surface area contributed by atoms with Gasteiger partial charge in [-0.05, 0) is 0 Å². The summed E-state index contributed by atoms with van der Waals surface area (Å²) in [6.07, 6.45) is 5.52. The molecule has 1 aromatic rings. The largest absolute Gasteiger partial charge is 0.322 e. The van der Waals surface area contributed by atoms with Gasteiger partial charge in [-0.1, -0.05) is 12.2 Å². The van der Waals surface area contributed by atoms with Gasteiger partial charge in [-0.15, -0.1) is 12.3 Å². The minimum absolute atomic E-state index is 0.269. The fourth-order valence-electron chi connectivity index (χ4n) is 0.729. The molecule has 1 unspecified atom stereocenters. The third kappa shape index (κ3) is 1.67. The van der Waals surface area contributed by atoms with Crippen LogP contribution in [0.2, 0.25) is 0 Å². The van der Waals surface area contributed by atoms with Crippen molar-refractivity contribution < 1.29 is 0 Å². The van der Waals surface area contributed by atoms with E-state index in [4.69, 9.17) is 24.4 Å². The van der Waals surface area contributed by atoms with Crippen molar-refractivity contribution in [2.24, 2.45) is 5.73 Å². The first-order valence-corrected chi connectivity index (χ1v) is 3.48. The van der Waals surface area contributed by atoms with E-state index >= 15 is 0 Å². The molecule has 0 saturated carbocycles. The Bertz CT molecular complexity index is 318. The number of nitrogens with zero attached hydrogens (tertiary/aromatic N) is 1. The zero-order valence-corrected chi connectivity index (χ0v) is 6.61. The molecule has 0 fully saturated rings. The summed E-state index contributed by atoms with van der Waals surface area (Å²) in [6.45, 7) is 0. The monoisotopic (exact) mass is 168 g/mol. The van der Waals surface area contributed by atoms with Crippen molar-refractivity contribution >= 4 is 12.2 Å². The molecule has 5 heteroatoms. The second kappa shape index (κ2) is 3.32. The number of aromatic amines is 2. The van der Waals surface area contributed by atoms with Crippen molar-refractivity contribution in [3.8, 4) is 12.3 Å². The molecule has 0 amide bonds. The first kappa shape index (κ1) is 7.98. The van der Waals surface area contributed by atoms with Gasteiger partial charge < -0.3 is 5.73 Å². The van der Waals surface area contributed by atoms with Gasteiger partial charge in [0.1, 0.15) is 10.3 Å². The van der Waals surface area contributed by atoms with Crippen LogP contribution in [0.5, 0.6) is 0 Å². The van der Waals surface area contributed by atoms with Crippen molar-refractivity contribution in [2.75, 3.05) is 0 Å². The van der Waals surface area contributed by atoms with Gasteiger partial charge in [0.05, 0.1) is 6.04 Å². The second-order valence-electron chi connectivity index (χ2n) is 2.08. The van der Waals surface area contributed by atoms with Gasteiger partial charge >= 0.3 is 0 Å². The van der Waals surface area contributed by atoms with Gasteiger partial charge in [-0.3, -0.25) is 5.10 Å².